The highest BCUT2D eigenvalue weighted by Crippen LogP contribution is 2.20. The van der Waals surface area contributed by atoms with Crippen molar-refractivity contribution in [2.45, 2.75) is 13.0 Å². The van der Waals surface area contributed by atoms with Gasteiger partial charge in [-0.1, -0.05) is 12.1 Å². The minimum atomic E-state index is -0.827. The van der Waals surface area contributed by atoms with Crippen molar-refractivity contribution in [2.75, 3.05) is 19.7 Å². The average Bonchev–Trinajstić information content (AvgIpc) is 2.49. The van der Waals surface area contributed by atoms with Gasteiger partial charge in [-0.3, -0.25) is 4.79 Å². The van der Waals surface area contributed by atoms with Gasteiger partial charge in [-0.2, -0.15) is 0 Å². The molecule has 4 nitrogen and oxygen atoms in total. The molecule has 24 heavy (non-hydrogen) atoms. The fourth-order valence-electron chi connectivity index (χ4n) is 2.42. The number of carbonyl (C=O) groups excluding carboxylic acids is 1. The molecule has 0 aromatic heterocycles. The summed E-state index contributed by atoms with van der Waals surface area (Å²) in [7, 11) is 0. The maximum absolute atomic E-state index is 13.4. The minimum absolute atomic E-state index is 0.0571. The molecule has 1 amide bonds. The molecule has 2 aromatic rings. The summed E-state index contributed by atoms with van der Waals surface area (Å²) in [5.41, 5.74) is 1.11. The van der Waals surface area contributed by atoms with Crippen LogP contribution in [0.1, 0.15) is 5.56 Å². The van der Waals surface area contributed by atoms with E-state index in [4.69, 9.17) is 9.47 Å². The van der Waals surface area contributed by atoms with E-state index in [0.717, 1.165) is 29.5 Å². The van der Waals surface area contributed by atoms with Gasteiger partial charge in [0.1, 0.15) is 17.7 Å². The first-order chi connectivity index (χ1) is 11.5. The van der Waals surface area contributed by atoms with Crippen LogP contribution in [-0.4, -0.2) is 36.6 Å². The Kier molecular flexibility index (Phi) is 4.64. The number of likely N-dealkylation sites (tertiary alicyclic amines) is 1. The van der Waals surface area contributed by atoms with E-state index in [9.17, 15) is 13.6 Å². The highest BCUT2D eigenvalue weighted by atomic mass is 19.1. The van der Waals surface area contributed by atoms with Crippen LogP contribution >= 0.6 is 0 Å². The van der Waals surface area contributed by atoms with Crippen molar-refractivity contribution >= 4 is 5.91 Å². The zero-order chi connectivity index (χ0) is 17.1. The van der Waals surface area contributed by atoms with Crippen LogP contribution in [-0.2, 0) is 4.79 Å². The molecule has 0 radical (unpaired) electrons. The Morgan fingerprint density at radius 2 is 2.00 bits per heavy atom. The second-order valence-electron chi connectivity index (χ2n) is 5.72. The molecular formula is C18H17F2NO3. The monoisotopic (exact) mass is 333 g/mol. The lowest BCUT2D eigenvalue weighted by Gasteiger charge is -2.38. The lowest BCUT2D eigenvalue weighted by Crippen LogP contribution is -2.57. The van der Waals surface area contributed by atoms with E-state index >= 15 is 0 Å². The normalized spacial score (nSPS) is 14.2. The van der Waals surface area contributed by atoms with Gasteiger partial charge in [-0.25, -0.2) is 8.78 Å². The second-order valence-corrected chi connectivity index (χ2v) is 5.72. The highest BCUT2D eigenvalue weighted by Gasteiger charge is 2.32. The summed E-state index contributed by atoms with van der Waals surface area (Å²) in [6, 6.07) is 10.7. The molecule has 0 unspecified atom stereocenters. The molecule has 1 fully saturated rings. The van der Waals surface area contributed by atoms with Crippen molar-refractivity contribution in [3.8, 4) is 11.5 Å². The summed E-state index contributed by atoms with van der Waals surface area (Å²) in [4.78, 5) is 13.5. The van der Waals surface area contributed by atoms with Gasteiger partial charge in [0.15, 0.2) is 18.2 Å². The van der Waals surface area contributed by atoms with Crippen LogP contribution in [0.5, 0.6) is 11.5 Å². The van der Waals surface area contributed by atoms with Gasteiger partial charge in [0.05, 0.1) is 13.1 Å². The number of benzene rings is 2. The molecule has 126 valence electrons. The molecule has 0 bridgehead atoms. The van der Waals surface area contributed by atoms with Gasteiger partial charge in [0, 0.05) is 6.07 Å². The van der Waals surface area contributed by atoms with Crippen LogP contribution in [0.2, 0.25) is 0 Å². The topological polar surface area (TPSA) is 38.8 Å². The number of halogens is 2. The quantitative estimate of drug-likeness (QED) is 0.844. The highest BCUT2D eigenvalue weighted by molar-refractivity contribution is 5.78. The predicted molar refractivity (Wildman–Crippen MR) is 84.0 cm³/mol. The molecule has 0 atom stereocenters. The molecule has 2 aromatic carbocycles. The smallest absolute Gasteiger partial charge is 0.260 e. The van der Waals surface area contributed by atoms with Gasteiger partial charge in [-0.15, -0.1) is 0 Å². The Hall–Kier alpha value is -2.63. The molecule has 3 rings (SSSR count). The van der Waals surface area contributed by atoms with Crippen LogP contribution in [0.15, 0.2) is 42.5 Å². The van der Waals surface area contributed by atoms with Gasteiger partial charge >= 0.3 is 0 Å². The molecule has 0 saturated carbocycles. The van der Waals surface area contributed by atoms with Crippen molar-refractivity contribution < 1.29 is 23.0 Å². The first kappa shape index (κ1) is 16.2. The van der Waals surface area contributed by atoms with Crippen molar-refractivity contribution in [1.29, 1.82) is 0 Å². The third-order valence-corrected chi connectivity index (χ3v) is 3.74. The summed E-state index contributed by atoms with van der Waals surface area (Å²) < 4.78 is 37.1. The number of rotatable bonds is 5. The van der Waals surface area contributed by atoms with E-state index in [0.29, 0.717) is 13.1 Å². The Bertz CT molecular complexity index is 745. The molecule has 1 aliphatic heterocycles. The van der Waals surface area contributed by atoms with Crippen molar-refractivity contribution in [1.82, 2.24) is 4.90 Å². The van der Waals surface area contributed by atoms with Gasteiger partial charge in [0.2, 0.25) is 0 Å². The van der Waals surface area contributed by atoms with E-state index in [-0.39, 0.29) is 24.4 Å². The second kappa shape index (κ2) is 6.86. The number of carbonyl (C=O) groups is 1. The summed E-state index contributed by atoms with van der Waals surface area (Å²) in [5.74, 6) is -1.14. The van der Waals surface area contributed by atoms with Crippen LogP contribution in [0.25, 0.3) is 0 Å². The number of ether oxygens (including phenoxy) is 2. The molecule has 6 heteroatoms. The number of hydrogen-bond donors (Lipinski definition) is 0. The Labute approximate surface area is 138 Å². The molecular weight excluding hydrogens is 316 g/mol. The maximum Gasteiger partial charge on any atom is 0.260 e. The van der Waals surface area contributed by atoms with Gasteiger partial charge < -0.3 is 14.4 Å². The van der Waals surface area contributed by atoms with Gasteiger partial charge in [0.25, 0.3) is 5.91 Å². The molecule has 0 spiro atoms. The van der Waals surface area contributed by atoms with E-state index in [2.05, 4.69) is 0 Å². The fourth-order valence-corrected chi connectivity index (χ4v) is 2.42. The largest absolute Gasteiger partial charge is 0.487 e. The summed E-state index contributed by atoms with van der Waals surface area (Å²) >= 11 is 0. The lowest BCUT2D eigenvalue weighted by molar-refractivity contribution is -0.142. The predicted octanol–water partition coefficient (Wildman–Crippen LogP) is 2.94. The molecule has 1 aliphatic rings. The van der Waals surface area contributed by atoms with E-state index in [1.165, 1.54) is 0 Å². The van der Waals surface area contributed by atoms with Crippen LogP contribution < -0.4 is 9.47 Å². The average molecular weight is 333 g/mol. The van der Waals surface area contributed by atoms with E-state index < -0.39 is 11.6 Å². The Morgan fingerprint density at radius 3 is 2.71 bits per heavy atom. The summed E-state index contributed by atoms with van der Waals surface area (Å²) in [6.45, 7) is 2.61. The van der Waals surface area contributed by atoms with Crippen molar-refractivity contribution in [3.05, 3.63) is 59.7 Å². The fraction of sp³-hybridized carbons (Fsp3) is 0.278. The molecule has 0 aliphatic carbocycles. The number of hydrogen-bond acceptors (Lipinski definition) is 3. The van der Waals surface area contributed by atoms with E-state index in [1.54, 1.807) is 4.90 Å². The zero-order valence-corrected chi connectivity index (χ0v) is 13.2. The van der Waals surface area contributed by atoms with Crippen LogP contribution in [0, 0.1) is 18.6 Å². The van der Waals surface area contributed by atoms with Crippen LogP contribution in [0.4, 0.5) is 8.78 Å². The third kappa shape index (κ3) is 3.82. The molecule has 0 N–H and O–H groups in total. The van der Waals surface area contributed by atoms with Crippen molar-refractivity contribution in [2.24, 2.45) is 0 Å². The molecule has 1 saturated heterocycles. The third-order valence-electron chi connectivity index (χ3n) is 3.74. The first-order valence-electron chi connectivity index (χ1n) is 7.60. The number of nitrogens with zero attached hydrogens (tertiary/aromatic N) is 1. The summed E-state index contributed by atoms with van der Waals surface area (Å²) in [5, 5.41) is 0. The van der Waals surface area contributed by atoms with Crippen molar-refractivity contribution in [3.63, 3.8) is 0 Å². The van der Waals surface area contributed by atoms with E-state index in [1.807, 2.05) is 31.2 Å². The Balaban J connectivity index is 1.45. The summed E-state index contributed by atoms with van der Waals surface area (Å²) in [6.07, 6.45) is -0.0571. The standard InChI is InChI=1S/C18H17F2NO3/c1-12-3-2-4-14(7-12)24-15-9-21(10-15)18(22)11-23-17-6-5-13(19)8-16(17)20/h2-8,15H,9-11H2,1H3. The Morgan fingerprint density at radius 1 is 1.21 bits per heavy atom. The maximum atomic E-state index is 13.4. The SMILES string of the molecule is Cc1cccc(OC2CN(C(=O)COc3ccc(F)cc3F)C2)c1. The zero-order valence-electron chi connectivity index (χ0n) is 13.2. The minimum Gasteiger partial charge on any atom is -0.487 e. The molecule has 1 heterocycles. The number of aryl methyl sites for hydroxylation is 1. The lowest BCUT2D eigenvalue weighted by atomic mass is 10.1. The van der Waals surface area contributed by atoms with Gasteiger partial charge in [-0.05, 0) is 36.8 Å². The van der Waals surface area contributed by atoms with Crippen LogP contribution in [0.3, 0.4) is 0 Å². The first-order valence-corrected chi connectivity index (χ1v) is 7.60. The number of amides is 1.